The van der Waals surface area contributed by atoms with Crippen molar-refractivity contribution in [1.29, 1.82) is 0 Å². The van der Waals surface area contributed by atoms with E-state index in [1.54, 1.807) is 24.3 Å². The molecule has 9 heteroatoms. The molecule has 0 amide bonds. The van der Waals surface area contributed by atoms with E-state index in [1.165, 1.54) is 33.5 Å². The van der Waals surface area contributed by atoms with Crippen molar-refractivity contribution in [2.24, 2.45) is 5.10 Å². The average Bonchev–Trinajstić information content (AvgIpc) is 3.30. The Balaban J connectivity index is 1.85. The summed E-state index contributed by atoms with van der Waals surface area (Å²) in [6, 6.07) is 16.8. The minimum atomic E-state index is -3.98. The summed E-state index contributed by atoms with van der Waals surface area (Å²) in [7, 11) is 0.577. The first-order valence-electron chi connectivity index (χ1n) is 10.5. The molecule has 0 bridgehead atoms. The lowest BCUT2D eigenvalue weighted by Crippen LogP contribution is -2.27. The average molecular weight is 501 g/mol. The summed E-state index contributed by atoms with van der Waals surface area (Å²) in [5.74, 6) is 1.30. The van der Waals surface area contributed by atoms with Crippen molar-refractivity contribution in [2.75, 3.05) is 21.3 Å². The highest BCUT2D eigenvalue weighted by molar-refractivity contribution is 7.89. The van der Waals surface area contributed by atoms with Gasteiger partial charge in [0.25, 0.3) is 10.0 Å². The molecule has 3 aromatic carbocycles. The third kappa shape index (κ3) is 4.43. The van der Waals surface area contributed by atoms with Crippen molar-refractivity contribution in [2.45, 2.75) is 24.3 Å². The number of aryl methyl sites for hydroxylation is 1. The molecule has 0 spiro atoms. The summed E-state index contributed by atoms with van der Waals surface area (Å²) >= 11 is 5.98. The maximum absolute atomic E-state index is 13.7. The van der Waals surface area contributed by atoms with Crippen LogP contribution in [0.5, 0.6) is 17.2 Å². The number of halogens is 1. The first-order chi connectivity index (χ1) is 16.3. The van der Waals surface area contributed by atoms with Gasteiger partial charge >= 0.3 is 0 Å². The Labute approximate surface area is 204 Å². The molecule has 3 aromatic rings. The largest absolute Gasteiger partial charge is 0.493 e. The van der Waals surface area contributed by atoms with Crippen LogP contribution in [0.3, 0.4) is 0 Å². The molecule has 1 aliphatic heterocycles. The van der Waals surface area contributed by atoms with Crippen LogP contribution in [-0.4, -0.2) is 39.9 Å². The van der Waals surface area contributed by atoms with Gasteiger partial charge in [0, 0.05) is 11.4 Å². The summed E-state index contributed by atoms with van der Waals surface area (Å²) in [6.45, 7) is 2.00. The van der Waals surface area contributed by atoms with E-state index in [0.29, 0.717) is 40.0 Å². The minimum absolute atomic E-state index is 0.100. The zero-order chi connectivity index (χ0) is 24.5. The van der Waals surface area contributed by atoms with Gasteiger partial charge in [-0.15, -0.1) is 0 Å². The monoisotopic (exact) mass is 500 g/mol. The van der Waals surface area contributed by atoms with Gasteiger partial charge in [0.05, 0.1) is 38.0 Å². The SMILES string of the molecule is COc1cc(C2CC(c3ccc(C)cc3)=NN2S(=O)(=O)c2ccc(Cl)cc2)cc(OC)c1OC. The van der Waals surface area contributed by atoms with E-state index >= 15 is 0 Å². The number of sulfonamides is 1. The number of methoxy groups -OCH3 is 3. The van der Waals surface area contributed by atoms with Crippen LogP contribution in [0.4, 0.5) is 0 Å². The molecule has 4 rings (SSSR count). The third-order valence-corrected chi connectivity index (χ3v) is 7.64. The second-order valence-corrected chi connectivity index (χ2v) is 10.1. The molecule has 0 radical (unpaired) electrons. The Morgan fingerprint density at radius 2 is 1.50 bits per heavy atom. The zero-order valence-corrected chi connectivity index (χ0v) is 20.9. The van der Waals surface area contributed by atoms with E-state index in [1.807, 2.05) is 31.2 Å². The van der Waals surface area contributed by atoms with Gasteiger partial charge in [-0.25, -0.2) is 0 Å². The smallest absolute Gasteiger partial charge is 0.279 e. The highest BCUT2D eigenvalue weighted by Crippen LogP contribution is 2.44. The Morgan fingerprint density at radius 3 is 2.03 bits per heavy atom. The highest BCUT2D eigenvalue weighted by Gasteiger charge is 2.38. The van der Waals surface area contributed by atoms with Crippen LogP contribution in [0.1, 0.15) is 29.2 Å². The van der Waals surface area contributed by atoms with Gasteiger partial charge in [0.15, 0.2) is 11.5 Å². The van der Waals surface area contributed by atoms with Gasteiger partial charge in [-0.2, -0.15) is 17.9 Å². The Bertz CT molecular complexity index is 1300. The Kier molecular flexibility index (Phi) is 6.72. The van der Waals surface area contributed by atoms with Crippen LogP contribution in [0.25, 0.3) is 0 Å². The van der Waals surface area contributed by atoms with Gasteiger partial charge in [-0.05, 0) is 54.4 Å². The molecule has 7 nitrogen and oxygen atoms in total. The van der Waals surface area contributed by atoms with Crippen molar-refractivity contribution in [1.82, 2.24) is 4.41 Å². The Morgan fingerprint density at radius 1 is 0.912 bits per heavy atom. The van der Waals surface area contributed by atoms with Gasteiger partial charge in [-0.3, -0.25) is 0 Å². The second-order valence-electron chi connectivity index (χ2n) is 7.82. The molecule has 34 heavy (non-hydrogen) atoms. The number of nitrogens with zero attached hydrogens (tertiary/aromatic N) is 2. The lowest BCUT2D eigenvalue weighted by Gasteiger charge is -2.25. The lowest BCUT2D eigenvalue weighted by atomic mass is 9.98. The molecular weight excluding hydrogens is 476 g/mol. The number of ether oxygens (including phenoxy) is 3. The first-order valence-corrected chi connectivity index (χ1v) is 12.3. The third-order valence-electron chi connectivity index (χ3n) is 5.69. The van der Waals surface area contributed by atoms with Crippen molar-refractivity contribution in [3.8, 4) is 17.2 Å². The highest BCUT2D eigenvalue weighted by atomic mass is 35.5. The van der Waals surface area contributed by atoms with Crippen LogP contribution in [0.2, 0.25) is 5.02 Å². The fourth-order valence-electron chi connectivity index (χ4n) is 3.89. The zero-order valence-electron chi connectivity index (χ0n) is 19.3. The lowest BCUT2D eigenvalue weighted by molar-refractivity contribution is 0.319. The predicted molar refractivity (Wildman–Crippen MR) is 132 cm³/mol. The number of benzene rings is 3. The van der Waals surface area contributed by atoms with Crippen molar-refractivity contribution in [3.63, 3.8) is 0 Å². The van der Waals surface area contributed by atoms with Crippen LogP contribution in [0.15, 0.2) is 70.7 Å². The molecule has 0 aliphatic carbocycles. The maximum Gasteiger partial charge on any atom is 0.279 e. The normalized spacial score (nSPS) is 15.7. The summed E-state index contributed by atoms with van der Waals surface area (Å²) in [5, 5.41) is 5.04. The van der Waals surface area contributed by atoms with Gasteiger partial charge in [0.2, 0.25) is 5.75 Å². The molecule has 1 heterocycles. The van der Waals surface area contributed by atoms with E-state index in [0.717, 1.165) is 15.5 Å². The number of rotatable bonds is 7. The fraction of sp³-hybridized carbons (Fsp3) is 0.240. The Hall–Kier alpha value is -3.23. The summed E-state index contributed by atoms with van der Waals surface area (Å²) in [6.07, 6.45) is 0.370. The van der Waals surface area contributed by atoms with Crippen molar-refractivity contribution < 1.29 is 22.6 Å². The molecule has 0 saturated carbocycles. The van der Waals surface area contributed by atoms with Crippen molar-refractivity contribution >= 4 is 27.3 Å². The van der Waals surface area contributed by atoms with Crippen LogP contribution in [0, 0.1) is 6.92 Å². The molecule has 1 atom stereocenters. The number of hydrogen-bond acceptors (Lipinski definition) is 6. The first kappa shape index (κ1) is 23.9. The molecule has 0 saturated heterocycles. The van der Waals surface area contributed by atoms with Crippen LogP contribution >= 0.6 is 11.6 Å². The van der Waals surface area contributed by atoms with Gasteiger partial charge < -0.3 is 14.2 Å². The molecule has 178 valence electrons. The standard InChI is InChI=1S/C25H25ClN2O5S/c1-16-5-7-17(8-6-16)21-15-22(18-13-23(31-2)25(33-4)24(14-18)32-3)28(27-21)34(29,30)20-11-9-19(26)10-12-20/h5-14,22H,15H2,1-4H3. The number of hydrazone groups is 1. The quantitative estimate of drug-likeness (QED) is 0.445. The molecule has 0 N–H and O–H groups in total. The molecule has 0 fully saturated rings. The van der Waals surface area contributed by atoms with E-state index in [4.69, 9.17) is 25.8 Å². The summed E-state index contributed by atoms with van der Waals surface area (Å²) < 4.78 is 44.9. The molecule has 1 unspecified atom stereocenters. The van der Waals surface area contributed by atoms with Crippen molar-refractivity contribution in [3.05, 3.63) is 82.4 Å². The van der Waals surface area contributed by atoms with E-state index in [2.05, 4.69) is 5.10 Å². The molecular formula is C25H25ClN2O5S. The van der Waals surface area contributed by atoms with E-state index in [9.17, 15) is 8.42 Å². The molecule has 1 aliphatic rings. The fourth-order valence-corrected chi connectivity index (χ4v) is 5.45. The van der Waals surface area contributed by atoms with Gasteiger partial charge in [0.1, 0.15) is 0 Å². The van der Waals surface area contributed by atoms with E-state index < -0.39 is 16.1 Å². The van der Waals surface area contributed by atoms with Crippen LogP contribution in [-0.2, 0) is 10.0 Å². The summed E-state index contributed by atoms with van der Waals surface area (Å²) in [4.78, 5) is 0.100. The number of hydrogen-bond donors (Lipinski definition) is 0. The van der Waals surface area contributed by atoms with Crippen LogP contribution < -0.4 is 14.2 Å². The maximum atomic E-state index is 13.7. The molecule has 0 aromatic heterocycles. The van der Waals surface area contributed by atoms with Gasteiger partial charge in [-0.1, -0.05) is 41.4 Å². The minimum Gasteiger partial charge on any atom is -0.493 e. The topological polar surface area (TPSA) is 77.4 Å². The summed E-state index contributed by atoms with van der Waals surface area (Å²) in [5.41, 5.74) is 3.29. The van der Waals surface area contributed by atoms with E-state index in [-0.39, 0.29) is 4.90 Å². The second kappa shape index (κ2) is 9.56. The predicted octanol–water partition coefficient (Wildman–Crippen LogP) is 5.21.